The molecule has 0 aliphatic rings. The zero-order valence-electron chi connectivity index (χ0n) is 32.6. The molecule has 2 aromatic heterocycles. The number of fused-ring (bicyclic) bond motifs is 1. The monoisotopic (exact) mass is 778 g/mol. The smallest absolute Gasteiger partial charge is 0.332 e. The molecule has 0 aliphatic heterocycles. The molecule has 55 heavy (non-hydrogen) atoms. The Bertz CT molecular complexity index is 1640. The molecule has 0 amide bonds. The number of benzene rings is 1. The average Bonchev–Trinajstić information content (AvgIpc) is 3.63. The summed E-state index contributed by atoms with van der Waals surface area (Å²) in [5.41, 5.74) is 1.26. The summed E-state index contributed by atoms with van der Waals surface area (Å²) in [4.78, 5) is 45.2. The second-order valence-corrected chi connectivity index (χ2v) is 12.4. The number of aromatic amines is 1. The third-order valence-electron chi connectivity index (χ3n) is 7.63. The third-order valence-corrected chi connectivity index (χ3v) is 7.63. The first-order valence-electron chi connectivity index (χ1n) is 18.6. The van der Waals surface area contributed by atoms with E-state index in [-0.39, 0.29) is 24.6 Å². The molecule has 0 fully saturated rings. The van der Waals surface area contributed by atoms with Crippen LogP contribution in [0.1, 0.15) is 19.4 Å². The molecule has 3 rings (SSSR count). The van der Waals surface area contributed by atoms with E-state index in [1.54, 1.807) is 17.8 Å². The lowest BCUT2D eigenvalue weighted by atomic mass is 10.1. The van der Waals surface area contributed by atoms with Crippen LogP contribution in [0.3, 0.4) is 0 Å². The highest BCUT2D eigenvalue weighted by atomic mass is 16.6. The van der Waals surface area contributed by atoms with Gasteiger partial charge >= 0.3 is 11.7 Å². The zero-order chi connectivity index (χ0) is 39.5. The van der Waals surface area contributed by atoms with Crippen LogP contribution in [0.2, 0.25) is 0 Å². The van der Waals surface area contributed by atoms with Gasteiger partial charge in [-0.1, -0.05) is 38.1 Å². The van der Waals surface area contributed by atoms with Crippen LogP contribution in [0.4, 0.5) is 0 Å². The van der Waals surface area contributed by atoms with Crippen molar-refractivity contribution in [2.24, 2.45) is 13.0 Å². The summed E-state index contributed by atoms with van der Waals surface area (Å²) in [6.45, 7) is 12.5. The maximum Gasteiger partial charge on any atom is 0.332 e. The van der Waals surface area contributed by atoms with Crippen molar-refractivity contribution in [3.8, 4) is 11.4 Å². The molecule has 0 aliphatic carbocycles. The van der Waals surface area contributed by atoms with Crippen LogP contribution in [-0.2, 0) is 65.8 Å². The van der Waals surface area contributed by atoms with E-state index in [1.807, 2.05) is 38.1 Å². The van der Waals surface area contributed by atoms with Gasteiger partial charge in [-0.3, -0.25) is 13.9 Å². The highest BCUT2D eigenvalue weighted by Crippen LogP contribution is 2.20. The van der Waals surface area contributed by atoms with E-state index in [0.29, 0.717) is 124 Å². The molecule has 0 saturated heterocycles. The van der Waals surface area contributed by atoms with Gasteiger partial charge in [0.15, 0.2) is 5.52 Å². The molecule has 0 spiro atoms. The molecule has 17 nitrogen and oxygen atoms in total. The molecular formula is C38H58N4O13. The first-order chi connectivity index (χ1) is 26.8. The number of imidazole rings is 1. The van der Waals surface area contributed by atoms with Crippen molar-refractivity contribution in [1.82, 2.24) is 19.1 Å². The number of methoxy groups -OCH3 is 1. The van der Waals surface area contributed by atoms with Crippen LogP contribution in [-0.4, -0.2) is 151 Å². The van der Waals surface area contributed by atoms with Gasteiger partial charge in [0.2, 0.25) is 0 Å². The van der Waals surface area contributed by atoms with Crippen molar-refractivity contribution >= 4 is 23.2 Å². The lowest BCUT2D eigenvalue weighted by Gasteiger charge is -2.10. The Labute approximate surface area is 321 Å². The Morgan fingerprint density at radius 2 is 1.13 bits per heavy atom. The van der Waals surface area contributed by atoms with Crippen molar-refractivity contribution in [1.29, 1.82) is 0 Å². The Balaban J connectivity index is 1.12. The number of esters is 1. The molecule has 308 valence electrons. The quantitative estimate of drug-likeness (QED) is 0.0553. The average molecular weight is 779 g/mol. The number of H-pyrrole nitrogens is 1. The van der Waals surface area contributed by atoms with Crippen LogP contribution >= 0.6 is 0 Å². The maximum absolute atomic E-state index is 12.7. The van der Waals surface area contributed by atoms with Gasteiger partial charge in [-0.25, -0.2) is 14.6 Å². The lowest BCUT2D eigenvalue weighted by Crippen LogP contribution is -2.38. The molecule has 0 saturated carbocycles. The molecule has 0 radical (unpaired) electrons. The minimum absolute atomic E-state index is 0.111. The molecule has 0 unspecified atom stereocenters. The number of rotatable bonds is 32. The SMILES string of the molecule is COCCOCCOCCOCCOCCOCCOCCOCCOCCOC(=O)/C=C/c1ccc(-c2nc3c(=O)n(C)c(=O)n(CC(C)C)c3[nH]2)cc1. The summed E-state index contributed by atoms with van der Waals surface area (Å²) in [5.74, 6) is 0.173. The lowest BCUT2D eigenvalue weighted by molar-refractivity contribution is -0.139. The number of carbonyl (C=O) groups is 1. The standard InChI is InChI=1S/C38H58N4O13/c1-30(2)29-42-36-34(37(44)41(3)38(42)45)39-35(40-36)32-8-5-31(6-9-32)7-10-33(43)55-28-27-54-26-25-53-24-23-52-22-21-51-20-19-50-18-17-49-16-15-48-14-13-47-12-11-46-4/h5-10,30H,11-29H2,1-4H3,(H,39,40)/b10-7+. The fourth-order valence-electron chi connectivity index (χ4n) is 4.85. The predicted molar refractivity (Wildman–Crippen MR) is 204 cm³/mol. The number of aromatic nitrogens is 4. The van der Waals surface area contributed by atoms with E-state index in [4.69, 9.17) is 47.4 Å². The van der Waals surface area contributed by atoms with Gasteiger partial charge in [-0.15, -0.1) is 0 Å². The van der Waals surface area contributed by atoms with Crippen molar-refractivity contribution in [2.75, 3.05) is 126 Å². The van der Waals surface area contributed by atoms with Gasteiger partial charge < -0.3 is 52.4 Å². The Morgan fingerprint density at radius 3 is 1.56 bits per heavy atom. The third kappa shape index (κ3) is 18.1. The van der Waals surface area contributed by atoms with Crippen molar-refractivity contribution in [2.45, 2.75) is 20.4 Å². The van der Waals surface area contributed by atoms with Crippen LogP contribution in [0.15, 0.2) is 39.9 Å². The fourth-order valence-corrected chi connectivity index (χ4v) is 4.85. The highest BCUT2D eigenvalue weighted by molar-refractivity contribution is 5.87. The Kier molecular flexibility index (Phi) is 23.0. The number of nitrogens with zero attached hydrogens (tertiary/aromatic N) is 3. The maximum atomic E-state index is 12.7. The van der Waals surface area contributed by atoms with Crippen LogP contribution in [0.25, 0.3) is 28.6 Å². The minimum Gasteiger partial charge on any atom is -0.460 e. The summed E-state index contributed by atoms with van der Waals surface area (Å²) in [5, 5.41) is 0. The number of hydrogen-bond acceptors (Lipinski definition) is 14. The molecule has 0 atom stereocenters. The topological polar surface area (TPSA) is 182 Å². The van der Waals surface area contributed by atoms with Gasteiger partial charge in [0.05, 0.1) is 112 Å². The first-order valence-corrected chi connectivity index (χ1v) is 18.6. The highest BCUT2D eigenvalue weighted by Gasteiger charge is 2.17. The van der Waals surface area contributed by atoms with Crippen molar-refractivity contribution in [3.05, 3.63) is 56.7 Å². The molecular weight excluding hydrogens is 720 g/mol. The molecule has 1 N–H and O–H groups in total. The Hall–Kier alpha value is -3.78. The van der Waals surface area contributed by atoms with Gasteiger partial charge in [0.1, 0.15) is 18.1 Å². The number of carbonyl (C=O) groups excluding carboxylic acids is 1. The van der Waals surface area contributed by atoms with Gasteiger partial charge in [0, 0.05) is 32.3 Å². The van der Waals surface area contributed by atoms with Crippen molar-refractivity contribution < 1.29 is 52.2 Å². The molecule has 2 heterocycles. The largest absolute Gasteiger partial charge is 0.460 e. The second-order valence-electron chi connectivity index (χ2n) is 12.4. The fraction of sp³-hybridized carbons (Fsp3) is 0.632. The van der Waals surface area contributed by atoms with E-state index in [1.165, 1.54) is 13.1 Å². The van der Waals surface area contributed by atoms with Gasteiger partial charge in [-0.05, 0) is 17.6 Å². The summed E-state index contributed by atoms with van der Waals surface area (Å²) < 4.78 is 56.2. The molecule has 1 aromatic carbocycles. The zero-order valence-corrected chi connectivity index (χ0v) is 32.6. The number of ether oxygens (including phenoxy) is 10. The summed E-state index contributed by atoms with van der Waals surface area (Å²) in [6, 6.07) is 7.26. The van der Waals surface area contributed by atoms with Crippen LogP contribution in [0, 0.1) is 5.92 Å². The predicted octanol–water partition coefficient (Wildman–Crippen LogP) is 2.08. The number of hydrogen-bond donors (Lipinski definition) is 1. The second kappa shape index (κ2) is 27.7. The summed E-state index contributed by atoms with van der Waals surface area (Å²) in [7, 11) is 3.09. The Morgan fingerprint density at radius 1 is 0.691 bits per heavy atom. The molecule has 17 heteroatoms. The van der Waals surface area contributed by atoms with E-state index in [9.17, 15) is 14.4 Å². The van der Waals surface area contributed by atoms with Gasteiger partial charge in [-0.2, -0.15) is 0 Å². The van der Waals surface area contributed by atoms with Crippen LogP contribution in [0.5, 0.6) is 0 Å². The normalized spacial score (nSPS) is 11.8. The number of nitrogens with one attached hydrogen (secondary N) is 1. The van der Waals surface area contributed by atoms with Crippen molar-refractivity contribution in [3.63, 3.8) is 0 Å². The van der Waals surface area contributed by atoms with E-state index in [0.717, 1.165) is 15.7 Å². The van der Waals surface area contributed by atoms with Gasteiger partial charge in [0.25, 0.3) is 5.56 Å². The molecule has 0 bridgehead atoms. The van der Waals surface area contributed by atoms with E-state index >= 15 is 0 Å². The minimum atomic E-state index is -0.492. The first kappa shape index (κ1) is 45.6. The van der Waals surface area contributed by atoms with Crippen LogP contribution < -0.4 is 11.2 Å². The van der Waals surface area contributed by atoms with E-state index < -0.39 is 17.2 Å². The summed E-state index contributed by atoms with van der Waals surface area (Å²) in [6.07, 6.45) is 2.98. The molecule has 3 aromatic rings. The summed E-state index contributed by atoms with van der Waals surface area (Å²) >= 11 is 0. The van der Waals surface area contributed by atoms with E-state index in [2.05, 4.69) is 9.97 Å².